The van der Waals surface area contributed by atoms with Crippen LogP contribution in [0.1, 0.15) is 26.2 Å². The molecule has 1 aliphatic heterocycles. The van der Waals surface area contributed by atoms with E-state index < -0.39 is 34.7 Å². The molecular weight excluding hydrogens is 341 g/mol. The first-order valence-electron chi connectivity index (χ1n) is 6.40. The lowest BCUT2D eigenvalue weighted by Crippen LogP contribution is -2.42. The first kappa shape index (κ1) is 16.7. The van der Waals surface area contributed by atoms with Gasteiger partial charge in [0.15, 0.2) is 0 Å². The molecule has 2 rings (SSSR count). The molecule has 0 amide bonds. The van der Waals surface area contributed by atoms with Crippen LogP contribution in [0.4, 0.5) is 4.39 Å². The van der Waals surface area contributed by atoms with Crippen LogP contribution in [0.15, 0.2) is 28.0 Å². The molecule has 0 N–H and O–H groups in total. The van der Waals surface area contributed by atoms with E-state index in [0.717, 1.165) is 31.4 Å². The van der Waals surface area contributed by atoms with Crippen LogP contribution >= 0.6 is 10.7 Å². The summed E-state index contributed by atoms with van der Waals surface area (Å²) < 4.78 is 62.5. The van der Waals surface area contributed by atoms with E-state index in [4.69, 9.17) is 10.7 Å². The molecule has 1 unspecified atom stereocenters. The Morgan fingerprint density at radius 3 is 2.43 bits per heavy atom. The Morgan fingerprint density at radius 2 is 1.90 bits per heavy atom. The average molecular weight is 356 g/mol. The van der Waals surface area contributed by atoms with Gasteiger partial charge in [-0.15, -0.1) is 0 Å². The van der Waals surface area contributed by atoms with Crippen molar-refractivity contribution < 1.29 is 21.2 Å². The van der Waals surface area contributed by atoms with Gasteiger partial charge in [-0.2, -0.15) is 4.31 Å². The summed E-state index contributed by atoms with van der Waals surface area (Å²) in [6, 6.07) is 2.36. The molecule has 1 aromatic rings. The highest BCUT2D eigenvalue weighted by Gasteiger charge is 2.33. The Bertz CT molecular complexity index is 749. The Morgan fingerprint density at radius 1 is 1.24 bits per heavy atom. The molecule has 0 aliphatic carbocycles. The topological polar surface area (TPSA) is 71.5 Å². The molecule has 0 bridgehead atoms. The second-order valence-corrected chi connectivity index (χ2v) is 9.42. The molecule has 0 radical (unpaired) electrons. The van der Waals surface area contributed by atoms with E-state index in [1.165, 1.54) is 4.31 Å². The minimum absolute atomic E-state index is 0.209. The van der Waals surface area contributed by atoms with Gasteiger partial charge in [0.2, 0.25) is 10.0 Å². The zero-order valence-corrected chi connectivity index (χ0v) is 13.7. The third-order valence-corrected chi connectivity index (χ3v) is 6.91. The van der Waals surface area contributed by atoms with Crippen molar-refractivity contribution in [2.24, 2.45) is 0 Å². The van der Waals surface area contributed by atoms with E-state index in [-0.39, 0.29) is 6.04 Å². The number of benzene rings is 1. The predicted molar refractivity (Wildman–Crippen MR) is 76.6 cm³/mol. The van der Waals surface area contributed by atoms with E-state index in [9.17, 15) is 21.2 Å². The molecule has 1 atom stereocenters. The van der Waals surface area contributed by atoms with Gasteiger partial charge in [0, 0.05) is 23.3 Å². The van der Waals surface area contributed by atoms with Crippen molar-refractivity contribution in [1.82, 2.24) is 4.31 Å². The molecule has 118 valence electrons. The highest BCUT2D eigenvalue weighted by molar-refractivity contribution is 8.13. The zero-order valence-electron chi connectivity index (χ0n) is 11.3. The van der Waals surface area contributed by atoms with Gasteiger partial charge >= 0.3 is 0 Å². The standard InChI is InChI=1S/C12H15ClFNO4S2/c1-9-4-2-3-7-15(9)21(18,19)12-6-5-10(8-11(12)14)20(13,16)17/h5-6,8-9H,2-4,7H2,1H3. The number of hydrogen-bond donors (Lipinski definition) is 0. The molecule has 0 aromatic heterocycles. The number of sulfonamides is 1. The van der Waals surface area contributed by atoms with Crippen molar-refractivity contribution in [2.75, 3.05) is 6.54 Å². The number of halogens is 2. The molecular formula is C12H15ClFNO4S2. The van der Waals surface area contributed by atoms with Crippen LogP contribution in [0, 0.1) is 5.82 Å². The minimum Gasteiger partial charge on any atom is -0.207 e. The molecule has 1 aliphatic rings. The Balaban J connectivity index is 2.46. The average Bonchev–Trinajstić information content (AvgIpc) is 2.37. The predicted octanol–water partition coefficient (Wildman–Crippen LogP) is 2.32. The fourth-order valence-corrected chi connectivity index (χ4v) is 4.91. The van der Waals surface area contributed by atoms with E-state index in [1.54, 1.807) is 6.92 Å². The third-order valence-electron chi connectivity index (χ3n) is 3.51. The van der Waals surface area contributed by atoms with Crippen LogP contribution in [-0.4, -0.2) is 33.7 Å². The smallest absolute Gasteiger partial charge is 0.207 e. The normalized spacial score (nSPS) is 21.4. The Labute approximate surface area is 128 Å². The SMILES string of the molecule is CC1CCCCN1S(=O)(=O)c1ccc(S(=O)(=O)Cl)cc1F. The van der Waals surface area contributed by atoms with Crippen LogP contribution in [0.25, 0.3) is 0 Å². The van der Waals surface area contributed by atoms with Crippen molar-refractivity contribution >= 4 is 29.8 Å². The van der Waals surface area contributed by atoms with Crippen LogP contribution in [0.5, 0.6) is 0 Å². The number of piperidine rings is 1. The second-order valence-electron chi connectivity index (χ2n) is 4.99. The van der Waals surface area contributed by atoms with Gasteiger partial charge in [0.1, 0.15) is 10.7 Å². The summed E-state index contributed by atoms with van der Waals surface area (Å²) in [6.45, 7) is 2.10. The minimum atomic E-state index is -4.10. The maximum atomic E-state index is 14.0. The van der Waals surface area contributed by atoms with Gasteiger partial charge in [-0.25, -0.2) is 21.2 Å². The highest BCUT2D eigenvalue weighted by Crippen LogP contribution is 2.28. The molecule has 21 heavy (non-hydrogen) atoms. The van der Waals surface area contributed by atoms with Gasteiger partial charge in [-0.05, 0) is 38.0 Å². The Kier molecular flexibility index (Phi) is 4.63. The fraction of sp³-hybridized carbons (Fsp3) is 0.500. The molecule has 1 heterocycles. The largest absolute Gasteiger partial charge is 0.261 e. The van der Waals surface area contributed by atoms with Crippen LogP contribution < -0.4 is 0 Å². The Hall–Kier alpha value is -0.700. The summed E-state index contributed by atoms with van der Waals surface area (Å²) in [5.74, 6) is -1.12. The van der Waals surface area contributed by atoms with Gasteiger partial charge in [-0.3, -0.25) is 0 Å². The van der Waals surface area contributed by atoms with Gasteiger partial charge in [0.05, 0.1) is 4.90 Å². The lowest BCUT2D eigenvalue weighted by atomic mass is 10.1. The lowest BCUT2D eigenvalue weighted by molar-refractivity contribution is 0.268. The number of nitrogens with zero attached hydrogens (tertiary/aromatic N) is 1. The van der Waals surface area contributed by atoms with Gasteiger partial charge in [-0.1, -0.05) is 6.42 Å². The molecule has 0 spiro atoms. The van der Waals surface area contributed by atoms with Gasteiger partial charge in [0.25, 0.3) is 9.05 Å². The fourth-order valence-electron chi connectivity index (χ4n) is 2.40. The molecule has 1 aromatic carbocycles. The summed E-state index contributed by atoms with van der Waals surface area (Å²) in [7, 11) is -2.97. The summed E-state index contributed by atoms with van der Waals surface area (Å²) in [4.78, 5) is -0.993. The van der Waals surface area contributed by atoms with Crippen molar-refractivity contribution in [2.45, 2.75) is 42.0 Å². The van der Waals surface area contributed by atoms with E-state index in [1.807, 2.05) is 0 Å². The summed E-state index contributed by atoms with van der Waals surface area (Å²) in [6.07, 6.45) is 2.37. The van der Waals surface area contributed by atoms with Crippen LogP contribution in [0.2, 0.25) is 0 Å². The number of rotatable bonds is 3. The molecule has 0 saturated carbocycles. The molecule has 1 saturated heterocycles. The van der Waals surface area contributed by atoms with Gasteiger partial charge < -0.3 is 0 Å². The molecule has 1 fully saturated rings. The zero-order chi connectivity index (χ0) is 15.8. The molecule has 9 heteroatoms. The monoisotopic (exact) mass is 355 g/mol. The summed E-state index contributed by atoms with van der Waals surface area (Å²) in [5, 5.41) is 0. The maximum absolute atomic E-state index is 14.0. The van der Waals surface area contributed by atoms with E-state index in [0.29, 0.717) is 12.6 Å². The summed E-state index contributed by atoms with van der Waals surface area (Å²) in [5.41, 5.74) is 0. The highest BCUT2D eigenvalue weighted by atomic mass is 35.7. The van der Waals surface area contributed by atoms with Crippen molar-refractivity contribution in [3.05, 3.63) is 24.0 Å². The second kappa shape index (κ2) is 5.83. The third kappa shape index (κ3) is 3.39. The van der Waals surface area contributed by atoms with E-state index in [2.05, 4.69) is 0 Å². The number of hydrogen-bond acceptors (Lipinski definition) is 4. The van der Waals surface area contributed by atoms with Crippen LogP contribution in [-0.2, 0) is 19.1 Å². The molecule has 5 nitrogen and oxygen atoms in total. The summed E-state index contributed by atoms with van der Waals surface area (Å²) >= 11 is 0. The van der Waals surface area contributed by atoms with Crippen molar-refractivity contribution in [3.63, 3.8) is 0 Å². The van der Waals surface area contributed by atoms with Crippen molar-refractivity contribution in [3.8, 4) is 0 Å². The first-order chi connectivity index (χ1) is 9.64. The van der Waals surface area contributed by atoms with Crippen molar-refractivity contribution in [1.29, 1.82) is 0 Å². The lowest BCUT2D eigenvalue weighted by Gasteiger charge is -2.32. The van der Waals surface area contributed by atoms with Crippen LogP contribution in [0.3, 0.4) is 0 Å². The quantitative estimate of drug-likeness (QED) is 0.780. The van der Waals surface area contributed by atoms with E-state index >= 15 is 0 Å². The maximum Gasteiger partial charge on any atom is 0.261 e. The first-order valence-corrected chi connectivity index (χ1v) is 10.1.